The number of fused-ring (bicyclic) bond motifs is 1. The van der Waals surface area contributed by atoms with Crippen LogP contribution in [-0.2, 0) is 25.5 Å². The Bertz CT molecular complexity index is 864. The number of hydrogen-bond donors (Lipinski definition) is 0. The molecule has 2 aromatic rings. The topological polar surface area (TPSA) is 91.4 Å². The molecule has 25 heavy (non-hydrogen) atoms. The predicted octanol–water partition coefficient (Wildman–Crippen LogP) is 1.04. The van der Waals surface area contributed by atoms with Crippen molar-refractivity contribution < 1.29 is 9.53 Å². The van der Waals surface area contributed by atoms with Crippen LogP contribution in [0, 0.1) is 0 Å². The van der Waals surface area contributed by atoms with Gasteiger partial charge in [0.2, 0.25) is 0 Å². The highest BCUT2D eigenvalue weighted by molar-refractivity contribution is 5.71. The number of carbonyl (C=O) groups is 1. The van der Waals surface area contributed by atoms with Crippen molar-refractivity contribution in [1.29, 1.82) is 0 Å². The number of ether oxygens (including phenoxy) is 1. The fraction of sp³-hybridized carbons (Fsp3) is 0.625. The van der Waals surface area contributed by atoms with Crippen LogP contribution < -0.4 is 11.2 Å². The molecule has 0 spiro atoms. The summed E-state index contributed by atoms with van der Waals surface area (Å²) < 4.78 is 9.09. The van der Waals surface area contributed by atoms with Gasteiger partial charge in [-0.3, -0.25) is 18.8 Å². The summed E-state index contributed by atoms with van der Waals surface area (Å²) in [5, 5.41) is 0. The first-order chi connectivity index (χ1) is 11.9. The lowest BCUT2D eigenvalue weighted by atomic mass is 10.2. The summed E-state index contributed by atoms with van der Waals surface area (Å²) in [6, 6.07) is 0. The van der Waals surface area contributed by atoms with Gasteiger partial charge in [0.05, 0.1) is 12.9 Å². The Morgan fingerprint density at radius 3 is 2.60 bits per heavy atom. The van der Waals surface area contributed by atoms with Crippen LogP contribution in [0.1, 0.15) is 32.6 Å². The number of amides is 1. The first-order valence-electron chi connectivity index (χ1n) is 8.37. The van der Waals surface area contributed by atoms with Gasteiger partial charge in [-0.15, -0.1) is 0 Å². The molecule has 0 saturated carbocycles. The second kappa shape index (κ2) is 8.00. The zero-order valence-electron chi connectivity index (χ0n) is 15.2. The van der Waals surface area contributed by atoms with Crippen LogP contribution in [-0.4, -0.2) is 43.3 Å². The van der Waals surface area contributed by atoms with E-state index in [4.69, 9.17) is 4.74 Å². The minimum atomic E-state index is -0.458. The molecule has 0 N–H and O–H groups in total. The molecule has 1 amide bonds. The molecule has 0 saturated heterocycles. The summed E-state index contributed by atoms with van der Waals surface area (Å²) in [6.07, 6.45) is 5.10. The lowest BCUT2D eigenvalue weighted by molar-refractivity contribution is 0.100. The largest absolute Gasteiger partial charge is 0.449 e. The Morgan fingerprint density at radius 2 is 1.92 bits per heavy atom. The molecular weight excluding hydrogens is 326 g/mol. The lowest BCUT2D eigenvalue weighted by Crippen LogP contribution is -2.38. The van der Waals surface area contributed by atoms with Gasteiger partial charge in [-0.2, -0.15) is 0 Å². The number of carbonyl (C=O) groups excluding carboxylic acids is 1. The van der Waals surface area contributed by atoms with Crippen LogP contribution in [0.4, 0.5) is 4.79 Å². The summed E-state index contributed by atoms with van der Waals surface area (Å²) in [6.45, 7) is 2.61. The highest BCUT2D eigenvalue weighted by Gasteiger charge is 2.17. The van der Waals surface area contributed by atoms with E-state index in [1.165, 1.54) is 27.4 Å². The summed E-state index contributed by atoms with van der Waals surface area (Å²) >= 11 is 0. The van der Waals surface area contributed by atoms with E-state index in [0.29, 0.717) is 6.61 Å². The maximum absolute atomic E-state index is 12.4. The Hall–Kier alpha value is -2.58. The third-order valence-electron chi connectivity index (χ3n) is 4.12. The van der Waals surface area contributed by atoms with Crippen molar-refractivity contribution in [3.05, 3.63) is 27.2 Å². The molecular formula is C16H25N5O4. The minimum Gasteiger partial charge on any atom is -0.449 e. The molecule has 0 unspecified atom stereocenters. The first kappa shape index (κ1) is 18.8. The third kappa shape index (κ3) is 3.92. The lowest BCUT2D eigenvalue weighted by Gasteiger charge is -2.18. The fourth-order valence-corrected chi connectivity index (χ4v) is 2.59. The van der Waals surface area contributed by atoms with Crippen molar-refractivity contribution in [2.24, 2.45) is 14.1 Å². The van der Waals surface area contributed by atoms with Crippen LogP contribution in [0.5, 0.6) is 0 Å². The molecule has 0 atom stereocenters. The average molecular weight is 351 g/mol. The van der Waals surface area contributed by atoms with Crippen molar-refractivity contribution in [2.75, 3.05) is 13.7 Å². The van der Waals surface area contributed by atoms with Crippen LogP contribution in [0.25, 0.3) is 11.2 Å². The monoisotopic (exact) mass is 351 g/mol. The normalized spacial score (nSPS) is 11.0. The molecule has 9 nitrogen and oxygen atoms in total. The number of hydrogen-bond acceptors (Lipinski definition) is 5. The van der Waals surface area contributed by atoms with Gasteiger partial charge in [0.25, 0.3) is 5.56 Å². The van der Waals surface area contributed by atoms with Gasteiger partial charge in [0.1, 0.15) is 6.67 Å². The highest BCUT2D eigenvalue weighted by Crippen LogP contribution is 2.07. The van der Waals surface area contributed by atoms with Gasteiger partial charge >= 0.3 is 11.8 Å². The number of imidazole rings is 1. The van der Waals surface area contributed by atoms with Gasteiger partial charge < -0.3 is 9.30 Å². The summed E-state index contributed by atoms with van der Waals surface area (Å²) in [4.78, 5) is 41.8. The quantitative estimate of drug-likeness (QED) is 0.695. The predicted molar refractivity (Wildman–Crippen MR) is 93.5 cm³/mol. The standard InChI is InChI=1S/C16H25N5O4/c1-5-6-7-8-9-25-16(24)18(2)11-21-10-17-13-12(21)14(22)20(4)15(23)19(13)3/h10H,5-9,11H2,1-4H3. The van der Waals surface area contributed by atoms with E-state index < -0.39 is 17.3 Å². The SMILES string of the molecule is CCCCCCOC(=O)N(C)Cn1cnc2c1c(=O)n(C)c(=O)n2C. The Labute approximate surface area is 145 Å². The van der Waals surface area contributed by atoms with Gasteiger partial charge in [-0.05, 0) is 6.42 Å². The molecule has 0 aliphatic rings. The number of aromatic nitrogens is 4. The van der Waals surface area contributed by atoms with E-state index in [0.717, 1.165) is 30.3 Å². The van der Waals surface area contributed by atoms with Crippen LogP contribution in [0.15, 0.2) is 15.9 Å². The molecule has 0 radical (unpaired) electrons. The Balaban J connectivity index is 2.11. The molecule has 2 rings (SSSR count). The first-order valence-corrected chi connectivity index (χ1v) is 8.37. The summed E-state index contributed by atoms with van der Waals surface area (Å²) in [5.41, 5.74) is -0.332. The fourth-order valence-electron chi connectivity index (χ4n) is 2.59. The molecule has 0 aliphatic heterocycles. The van der Waals surface area contributed by atoms with Crippen molar-refractivity contribution in [3.8, 4) is 0 Å². The molecule has 0 aromatic carbocycles. The van der Waals surface area contributed by atoms with E-state index in [1.807, 2.05) is 0 Å². The minimum absolute atomic E-state index is 0.109. The van der Waals surface area contributed by atoms with Crippen molar-refractivity contribution in [2.45, 2.75) is 39.3 Å². The van der Waals surface area contributed by atoms with Crippen LogP contribution in [0.2, 0.25) is 0 Å². The maximum atomic E-state index is 12.4. The van der Waals surface area contributed by atoms with E-state index in [-0.39, 0.29) is 17.8 Å². The Morgan fingerprint density at radius 1 is 1.20 bits per heavy atom. The van der Waals surface area contributed by atoms with Gasteiger partial charge in [-0.25, -0.2) is 14.6 Å². The van der Waals surface area contributed by atoms with E-state index in [2.05, 4.69) is 11.9 Å². The van der Waals surface area contributed by atoms with Crippen LogP contribution >= 0.6 is 0 Å². The van der Waals surface area contributed by atoms with Crippen LogP contribution in [0.3, 0.4) is 0 Å². The third-order valence-corrected chi connectivity index (χ3v) is 4.12. The van der Waals surface area contributed by atoms with E-state index in [9.17, 15) is 14.4 Å². The number of rotatable bonds is 7. The van der Waals surface area contributed by atoms with E-state index in [1.54, 1.807) is 14.1 Å². The van der Waals surface area contributed by atoms with E-state index >= 15 is 0 Å². The number of nitrogens with zero attached hydrogens (tertiary/aromatic N) is 5. The molecule has 2 aromatic heterocycles. The highest BCUT2D eigenvalue weighted by atomic mass is 16.6. The second-order valence-corrected chi connectivity index (χ2v) is 6.11. The zero-order chi connectivity index (χ0) is 18.6. The van der Waals surface area contributed by atoms with Gasteiger partial charge in [0.15, 0.2) is 11.2 Å². The van der Waals surface area contributed by atoms with Crippen molar-refractivity contribution in [3.63, 3.8) is 0 Å². The molecule has 0 aliphatic carbocycles. The average Bonchev–Trinajstić information content (AvgIpc) is 3.01. The van der Waals surface area contributed by atoms with Crippen molar-refractivity contribution in [1.82, 2.24) is 23.6 Å². The number of aryl methyl sites for hydroxylation is 1. The summed E-state index contributed by atoms with van der Waals surface area (Å²) in [7, 11) is 4.55. The molecule has 0 bridgehead atoms. The van der Waals surface area contributed by atoms with Gasteiger partial charge in [-0.1, -0.05) is 26.2 Å². The Kier molecular flexibility index (Phi) is 6.00. The molecule has 0 fully saturated rings. The maximum Gasteiger partial charge on any atom is 0.410 e. The van der Waals surface area contributed by atoms with Gasteiger partial charge in [0, 0.05) is 21.1 Å². The molecule has 2 heterocycles. The summed E-state index contributed by atoms with van der Waals surface area (Å²) in [5.74, 6) is 0. The zero-order valence-corrected chi connectivity index (χ0v) is 15.2. The molecule has 9 heteroatoms. The molecule has 138 valence electrons. The number of unbranched alkanes of at least 4 members (excludes halogenated alkanes) is 3. The smallest absolute Gasteiger partial charge is 0.410 e. The second-order valence-electron chi connectivity index (χ2n) is 6.11. The van der Waals surface area contributed by atoms with Crippen molar-refractivity contribution >= 4 is 17.3 Å².